The Bertz CT molecular complexity index is 2330. The zero-order valence-corrected chi connectivity index (χ0v) is 33.6. The fourth-order valence-corrected chi connectivity index (χ4v) is 11.0. The number of amides is 3. The second-order valence-electron chi connectivity index (χ2n) is 18.0. The van der Waals surface area contributed by atoms with Gasteiger partial charge in [-0.3, -0.25) is 24.6 Å². The highest BCUT2D eigenvalue weighted by Crippen LogP contribution is 2.48. The first kappa shape index (κ1) is 37.6. The lowest BCUT2D eigenvalue weighted by Gasteiger charge is -2.53. The molecule has 60 heavy (non-hydrogen) atoms. The van der Waals surface area contributed by atoms with Crippen LogP contribution in [-0.4, -0.2) is 103 Å². The van der Waals surface area contributed by atoms with Crippen LogP contribution in [0.1, 0.15) is 82.1 Å². The molecule has 1 aliphatic carbocycles. The molecule has 4 fully saturated rings. The number of hydrogen-bond donors (Lipinski definition) is 2. The van der Waals surface area contributed by atoms with Crippen molar-refractivity contribution in [2.45, 2.75) is 74.3 Å². The molecule has 6 heterocycles. The van der Waals surface area contributed by atoms with Crippen LogP contribution in [-0.2, 0) is 32.0 Å². The lowest BCUT2D eigenvalue weighted by atomic mass is 9.69. The van der Waals surface area contributed by atoms with Crippen molar-refractivity contribution in [2.24, 2.45) is 5.92 Å². The lowest BCUT2D eigenvalue weighted by molar-refractivity contribution is -0.293. The van der Waals surface area contributed by atoms with E-state index >= 15 is 0 Å². The molecule has 4 saturated heterocycles. The largest absolute Gasteiger partial charge is 0.508 e. The van der Waals surface area contributed by atoms with E-state index in [1.807, 2.05) is 12.1 Å². The number of nitrogens with zero attached hydrogens (tertiary/aromatic N) is 3. The van der Waals surface area contributed by atoms with Crippen LogP contribution in [0.2, 0.25) is 0 Å². The average Bonchev–Trinajstić information content (AvgIpc) is 3.59. The molecule has 310 valence electrons. The number of aromatic hydroxyl groups is 1. The summed E-state index contributed by atoms with van der Waals surface area (Å²) in [6, 6.07) is 28.8. The highest BCUT2D eigenvalue weighted by molar-refractivity contribution is 6.05. The van der Waals surface area contributed by atoms with Crippen molar-refractivity contribution in [2.75, 3.05) is 57.4 Å². The highest BCUT2D eigenvalue weighted by Gasteiger charge is 2.51. The third-order valence-electron chi connectivity index (χ3n) is 14.1. The van der Waals surface area contributed by atoms with Gasteiger partial charge in [-0.1, -0.05) is 48.5 Å². The maximum Gasteiger partial charge on any atom is 0.255 e. The van der Waals surface area contributed by atoms with Gasteiger partial charge in [-0.25, -0.2) is 0 Å². The molecule has 2 N–H and O–H groups in total. The molecule has 1 unspecified atom stereocenters. The van der Waals surface area contributed by atoms with Crippen LogP contribution < -0.4 is 19.7 Å². The van der Waals surface area contributed by atoms with E-state index in [0.29, 0.717) is 55.0 Å². The Morgan fingerprint density at radius 1 is 0.833 bits per heavy atom. The molecule has 0 bridgehead atoms. The van der Waals surface area contributed by atoms with E-state index in [4.69, 9.17) is 18.9 Å². The predicted octanol–water partition coefficient (Wildman–Crippen LogP) is 5.50. The number of carbonyl (C=O) groups is 3. The molecule has 0 radical (unpaired) electrons. The lowest BCUT2D eigenvalue weighted by Crippen LogP contribution is -2.69. The van der Waals surface area contributed by atoms with Crippen molar-refractivity contribution in [1.29, 1.82) is 0 Å². The van der Waals surface area contributed by atoms with Crippen LogP contribution in [0.5, 0.6) is 17.2 Å². The number of anilines is 1. The van der Waals surface area contributed by atoms with Gasteiger partial charge in [0.15, 0.2) is 22.9 Å². The number of ether oxygens (including phenoxy) is 4. The number of phenols is 1. The molecule has 0 saturated carbocycles. The molecule has 0 aromatic heterocycles. The van der Waals surface area contributed by atoms with Crippen molar-refractivity contribution < 1.29 is 38.4 Å². The summed E-state index contributed by atoms with van der Waals surface area (Å²) in [5.41, 5.74) is 7.24. The Hall–Kier alpha value is -5.43. The van der Waals surface area contributed by atoms with E-state index in [9.17, 15) is 19.5 Å². The number of rotatable bonds is 6. The van der Waals surface area contributed by atoms with Crippen molar-refractivity contribution in [3.63, 3.8) is 0 Å². The van der Waals surface area contributed by atoms with E-state index in [1.54, 1.807) is 17.0 Å². The van der Waals surface area contributed by atoms with Gasteiger partial charge >= 0.3 is 0 Å². The number of hydrogen-bond acceptors (Lipinski definition) is 10. The fourth-order valence-electron chi connectivity index (χ4n) is 11.0. The van der Waals surface area contributed by atoms with Crippen molar-refractivity contribution in [1.82, 2.24) is 15.1 Å². The Balaban J connectivity index is 0.670. The number of fused-ring (bicyclic) bond motifs is 4. The van der Waals surface area contributed by atoms with Crippen LogP contribution in [0.4, 0.5) is 5.69 Å². The molecule has 4 aromatic rings. The van der Waals surface area contributed by atoms with Crippen LogP contribution in [0.3, 0.4) is 0 Å². The maximum atomic E-state index is 13.3. The van der Waals surface area contributed by atoms with E-state index in [0.717, 1.165) is 64.0 Å². The third kappa shape index (κ3) is 6.60. The minimum Gasteiger partial charge on any atom is -0.508 e. The molecule has 7 aliphatic rings. The van der Waals surface area contributed by atoms with Crippen molar-refractivity contribution >= 4 is 23.4 Å². The molecule has 4 aromatic carbocycles. The second kappa shape index (κ2) is 14.6. The van der Waals surface area contributed by atoms with Crippen LogP contribution in [0.25, 0.3) is 0 Å². The molecule has 11 rings (SSSR count). The summed E-state index contributed by atoms with van der Waals surface area (Å²) >= 11 is 0. The molecule has 3 atom stereocenters. The Morgan fingerprint density at radius 3 is 2.38 bits per heavy atom. The third-order valence-corrected chi connectivity index (χ3v) is 14.1. The number of likely N-dealkylation sites (tertiary alicyclic amines) is 1. The standard InChI is InChI=1S/C48H50N4O8/c53-35-11-13-37-33(22-35)8-12-36(31-4-2-1-3-5-31)43(37)32-6-9-34(10-7-32)51-20-18-48(19-21-51)58-25-30(26-59-48)23-50-27-47(28-50)29-57-44-39-24-52(40-15-17-42(54)49-45(40)55)46(56)38(39)14-16-41(44)60-47/h1-7,9-11,13-14,16,22,30,36,40,43,53H,8,12,15,17-21,23-29H2,(H,49,54,55)/t36-,40?,43+/m1/s1. The molecule has 2 spiro atoms. The number of phenolic OH excluding ortho intramolecular Hbond substituents is 1. The van der Waals surface area contributed by atoms with Gasteiger partial charge in [0, 0.05) is 80.6 Å². The predicted molar refractivity (Wildman–Crippen MR) is 221 cm³/mol. The van der Waals surface area contributed by atoms with Crippen LogP contribution >= 0.6 is 0 Å². The van der Waals surface area contributed by atoms with Crippen molar-refractivity contribution in [3.8, 4) is 17.2 Å². The second-order valence-corrected chi connectivity index (χ2v) is 18.0. The van der Waals surface area contributed by atoms with Gasteiger partial charge in [0.25, 0.3) is 5.91 Å². The molecule has 12 heteroatoms. The van der Waals surface area contributed by atoms with Crippen molar-refractivity contribution in [3.05, 3.63) is 118 Å². The monoisotopic (exact) mass is 810 g/mol. The van der Waals surface area contributed by atoms with Gasteiger partial charge < -0.3 is 33.9 Å². The van der Waals surface area contributed by atoms with Gasteiger partial charge in [0.2, 0.25) is 11.8 Å². The minimum atomic E-state index is -0.674. The summed E-state index contributed by atoms with van der Waals surface area (Å²) in [7, 11) is 0. The summed E-state index contributed by atoms with van der Waals surface area (Å²) in [5, 5.41) is 12.6. The van der Waals surface area contributed by atoms with Gasteiger partial charge in [-0.2, -0.15) is 0 Å². The first-order valence-corrected chi connectivity index (χ1v) is 21.6. The zero-order chi connectivity index (χ0) is 40.6. The van der Waals surface area contributed by atoms with E-state index in [1.165, 1.54) is 27.9 Å². The zero-order valence-electron chi connectivity index (χ0n) is 33.6. The van der Waals surface area contributed by atoms with Gasteiger partial charge in [0.05, 0.1) is 19.8 Å². The Morgan fingerprint density at radius 2 is 1.62 bits per heavy atom. The number of benzene rings is 4. The molecular weight excluding hydrogens is 761 g/mol. The topological polar surface area (TPSA) is 130 Å². The molecule has 3 amide bonds. The van der Waals surface area contributed by atoms with Gasteiger partial charge in [-0.15, -0.1) is 0 Å². The van der Waals surface area contributed by atoms with Gasteiger partial charge in [0.1, 0.15) is 18.4 Å². The van der Waals surface area contributed by atoms with E-state index in [-0.39, 0.29) is 36.6 Å². The first-order chi connectivity index (χ1) is 29.2. The summed E-state index contributed by atoms with van der Waals surface area (Å²) in [6.45, 7) is 5.98. The smallest absolute Gasteiger partial charge is 0.255 e. The van der Waals surface area contributed by atoms with Crippen LogP contribution in [0.15, 0.2) is 84.9 Å². The van der Waals surface area contributed by atoms with E-state index < -0.39 is 23.3 Å². The molecule has 6 aliphatic heterocycles. The summed E-state index contributed by atoms with van der Waals surface area (Å²) in [4.78, 5) is 43.8. The number of carbonyl (C=O) groups excluding carboxylic acids is 3. The highest BCUT2D eigenvalue weighted by atomic mass is 16.7. The maximum absolute atomic E-state index is 13.3. The summed E-state index contributed by atoms with van der Waals surface area (Å²) in [5.74, 6) is 0.903. The summed E-state index contributed by atoms with van der Waals surface area (Å²) < 4.78 is 26.0. The minimum absolute atomic E-state index is 0.213. The quantitative estimate of drug-likeness (QED) is 0.241. The number of nitrogens with one attached hydrogen (secondary N) is 1. The normalized spacial score (nSPS) is 25.8. The van der Waals surface area contributed by atoms with E-state index in [2.05, 4.69) is 75.8 Å². The molecular formula is C48H50N4O8. The van der Waals surface area contributed by atoms with Crippen LogP contribution in [0, 0.1) is 5.92 Å². The SMILES string of the molecule is O=C1CCC(N2Cc3c(ccc4c3OCC3(CN(CC5COC6(CCN(c7ccc([C@@H]8c9ccc(O)cc9CC[C@@H]8c8ccccc8)cc7)CC6)OC5)C3)O4)C2=O)C(=O)N1. The Kier molecular flexibility index (Phi) is 9.16. The number of piperidine rings is 2. The van der Waals surface area contributed by atoms with Gasteiger partial charge in [-0.05, 0) is 83.8 Å². The first-order valence-electron chi connectivity index (χ1n) is 21.6. The number of imide groups is 1. The average molecular weight is 811 g/mol. The fraction of sp³-hybridized carbons (Fsp3) is 0.438. The summed E-state index contributed by atoms with van der Waals surface area (Å²) in [6.07, 6.45) is 4.16. The number of aryl methyl sites for hydroxylation is 1. The molecule has 12 nitrogen and oxygen atoms in total. The Labute approximate surface area is 349 Å².